The molecule has 0 saturated carbocycles. The normalized spacial score (nSPS) is 14.5. The quantitative estimate of drug-likeness (QED) is 0.638. The summed E-state index contributed by atoms with van der Waals surface area (Å²) in [7, 11) is -0.859. The van der Waals surface area contributed by atoms with Crippen LogP contribution in [-0.4, -0.2) is 76.1 Å². The molecular weight excluding hydrogens is 410 g/mol. The molecule has 2 heterocycles. The Morgan fingerprint density at radius 1 is 1.10 bits per heavy atom. The molecule has 0 bridgehead atoms. The van der Waals surface area contributed by atoms with E-state index >= 15 is 0 Å². The summed E-state index contributed by atoms with van der Waals surface area (Å²) in [5.74, 6) is 1.45. The smallest absolute Gasteiger partial charge is 0.240 e. The van der Waals surface area contributed by atoms with Crippen molar-refractivity contribution < 1.29 is 22.7 Å². The molecule has 2 aromatic rings. The number of carbonyl (C=O) groups is 1. The lowest BCUT2D eigenvalue weighted by atomic mass is 10.3. The van der Waals surface area contributed by atoms with Crippen molar-refractivity contribution in [1.82, 2.24) is 19.6 Å². The molecule has 1 N–H and O–H groups in total. The van der Waals surface area contributed by atoms with Gasteiger partial charge in [-0.2, -0.15) is 0 Å². The van der Waals surface area contributed by atoms with E-state index in [1.54, 1.807) is 23.5 Å². The standard InChI is InChI=1S/C19H25N5O5S/c1-28-16-4-3-15(13-17(16)29-2)30(26,27)22-6-5-19(25)24-11-9-23(10-12-24)18-14-20-7-8-21-18/h3-4,7-8,13-14,22H,5-6,9-12H2,1-2H3. The first-order valence-electron chi connectivity index (χ1n) is 9.45. The molecule has 1 amide bonds. The van der Waals surface area contributed by atoms with Gasteiger partial charge in [0.25, 0.3) is 0 Å². The van der Waals surface area contributed by atoms with E-state index in [1.807, 2.05) is 0 Å². The lowest BCUT2D eigenvalue weighted by Crippen LogP contribution is -2.49. The Hall–Kier alpha value is -2.92. The van der Waals surface area contributed by atoms with Gasteiger partial charge < -0.3 is 19.3 Å². The number of benzene rings is 1. The van der Waals surface area contributed by atoms with Crippen LogP contribution in [0, 0.1) is 0 Å². The second-order valence-electron chi connectivity index (χ2n) is 6.60. The number of rotatable bonds is 8. The van der Waals surface area contributed by atoms with Gasteiger partial charge in [0.15, 0.2) is 11.5 Å². The van der Waals surface area contributed by atoms with Gasteiger partial charge in [0.2, 0.25) is 15.9 Å². The third-order valence-electron chi connectivity index (χ3n) is 4.80. The molecule has 10 nitrogen and oxygen atoms in total. The maximum Gasteiger partial charge on any atom is 0.240 e. The maximum atomic E-state index is 12.5. The monoisotopic (exact) mass is 435 g/mol. The fraction of sp³-hybridized carbons (Fsp3) is 0.421. The van der Waals surface area contributed by atoms with Gasteiger partial charge in [-0.05, 0) is 12.1 Å². The van der Waals surface area contributed by atoms with E-state index in [-0.39, 0.29) is 23.8 Å². The van der Waals surface area contributed by atoms with Crippen LogP contribution < -0.4 is 19.1 Å². The molecular formula is C19H25N5O5S. The Labute approximate surface area is 175 Å². The van der Waals surface area contributed by atoms with E-state index in [9.17, 15) is 13.2 Å². The number of nitrogens with one attached hydrogen (secondary N) is 1. The minimum absolute atomic E-state index is 0.0138. The van der Waals surface area contributed by atoms with Crippen molar-refractivity contribution >= 4 is 21.7 Å². The number of aromatic nitrogens is 2. The number of anilines is 1. The zero-order valence-electron chi connectivity index (χ0n) is 16.9. The number of amides is 1. The summed E-state index contributed by atoms with van der Waals surface area (Å²) in [6.07, 6.45) is 5.03. The van der Waals surface area contributed by atoms with Crippen LogP contribution in [-0.2, 0) is 14.8 Å². The van der Waals surface area contributed by atoms with Crippen molar-refractivity contribution in [2.45, 2.75) is 11.3 Å². The molecule has 0 unspecified atom stereocenters. The van der Waals surface area contributed by atoms with E-state index in [2.05, 4.69) is 19.6 Å². The van der Waals surface area contributed by atoms with Crippen molar-refractivity contribution in [3.63, 3.8) is 0 Å². The van der Waals surface area contributed by atoms with Crippen molar-refractivity contribution in [2.75, 3.05) is 51.8 Å². The summed E-state index contributed by atoms with van der Waals surface area (Å²) in [5.41, 5.74) is 0. The largest absolute Gasteiger partial charge is 0.493 e. The summed E-state index contributed by atoms with van der Waals surface area (Å²) < 4.78 is 37.7. The minimum Gasteiger partial charge on any atom is -0.493 e. The zero-order chi connectivity index (χ0) is 21.6. The number of sulfonamides is 1. The molecule has 162 valence electrons. The summed E-state index contributed by atoms with van der Waals surface area (Å²) in [5, 5.41) is 0. The summed E-state index contributed by atoms with van der Waals surface area (Å²) in [4.78, 5) is 24.6. The first-order chi connectivity index (χ1) is 14.4. The molecule has 0 aliphatic carbocycles. The average molecular weight is 436 g/mol. The topological polar surface area (TPSA) is 114 Å². The van der Waals surface area contributed by atoms with Gasteiger partial charge in [0, 0.05) is 57.6 Å². The van der Waals surface area contributed by atoms with Crippen LogP contribution >= 0.6 is 0 Å². The summed E-state index contributed by atoms with van der Waals surface area (Å²) in [6.45, 7) is 2.43. The molecule has 3 rings (SSSR count). The van der Waals surface area contributed by atoms with Crippen LogP contribution in [0.5, 0.6) is 11.5 Å². The van der Waals surface area contributed by atoms with Crippen LogP contribution in [0.1, 0.15) is 6.42 Å². The fourth-order valence-electron chi connectivity index (χ4n) is 3.16. The highest BCUT2D eigenvalue weighted by molar-refractivity contribution is 7.89. The lowest BCUT2D eigenvalue weighted by molar-refractivity contribution is -0.131. The molecule has 1 saturated heterocycles. The first-order valence-corrected chi connectivity index (χ1v) is 10.9. The van der Waals surface area contributed by atoms with E-state index in [1.165, 1.54) is 32.4 Å². The van der Waals surface area contributed by atoms with Crippen LogP contribution in [0.15, 0.2) is 41.7 Å². The van der Waals surface area contributed by atoms with Crippen LogP contribution in [0.2, 0.25) is 0 Å². The predicted molar refractivity (Wildman–Crippen MR) is 110 cm³/mol. The molecule has 0 radical (unpaired) electrons. The molecule has 1 aromatic heterocycles. The van der Waals surface area contributed by atoms with Crippen molar-refractivity contribution in [3.05, 3.63) is 36.8 Å². The van der Waals surface area contributed by atoms with Gasteiger partial charge in [0.05, 0.1) is 25.3 Å². The van der Waals surface area contributed by atoms with Crippen molar-refractivity contribution in [3.8, 4) is 11.5 Å². The SMILES string of the molecule is COc1ccc(S(=O)(=O)NCCC(=O)N2CCN(c3cnccn3)CC2)cc1OC. The maximum absolute atomic E-state index is 12.5. The number of nitrogens with zero attached hydrogens (tertiary/aromatic N) is 4. The fourth-order valence-corrected chi connectivity index (χ4v) is 4.20. The molecule has 1 aliphatic rings. The Morgan fingerprint density at radius 2 is 1.83 bits per heavy atom. The van der Waals surface area contributed by atoms with Crippen molar-refractivity contribution in [1.29, 1.82) is 0 Å². The molecule has 30 heavy (non-hydrogen) atoms. The number of methoxy groups -OCH3 is 2. The Kier molecular flexibility index (Phi) is 7.06. The van der Waals surface area contributed by atoms with E-state index < -0.39 is 10.0 Å². The molecule has 0 atom stereocenters. The molecule has 0 spiro atoms. The van der Waals surface area contributed by atoms with Crippen molar-refractivity contribution in [2.24, 2.45) is 0 Å². The Balaban J connectivity index is 1.49. The summed E-state index contributed by atoms with van der Waals surface area (Å²) >= 11 is 0. The Bertz CT molecular complexity index is 963. The van der Waals surface area contributed by atoms with Crippen LogP contribution in [0.3, 0.4) is 0 Å². The first kappa shape index (κ1) is 21.8. The zero-order valence-corrected chi connectivity index (χ0v) is 17.8. The number of hydrogen-bond donors (Lipinski definition) is 1. The van der Waals surface area contributed by atoms with Gasteiger partial charge >= 0.3 is 0 Å². The third kappa shape index (κ3) is 5.16. The number of carbonyl (C=O) groups excluding carboxylic acids is 1. The Morgan fingerprint density at radius 3 is 2.47 bits per heavy atom. The molecule has 1 fully saturated rings. The van der Waals surface area contributed by atoms with Gasteiger partial charge in [-0.1, -0.05) is 0 Å². The second kappa shape index (κ2) is 9.72. The highest BCUT2D eigenvalue weighted by atomic mass is 32.2. The van der Waals surface area contributed by atoms with Gasteiger partial charge in [-0.25, -0.2) is 18.1 Å². The minimum atomic E-state index is -3.77. The molecule has 1 aliphatic heterocycles. The van der Waals surface area contributed by atoms with E-state index in [0.29, 0.717) is 37.7 Å². The summed E-state index contributed by atoms with van der Waals surface area (Å²) in [6, 6.07) is 4.33. The number of ether oxygens (including phenoxy) is 2. The van der Waals surface area contributed by atoms with Gasteiger partial charge in [0.1, 0.15) is 5.82 Å². The average Bonchev–Trinajstić information content (AvgIpc) is 2.79. The highest BCUT2D eigenvalue weighted by Gasteiger charge is 2.23. The molecule has 11 heteroatoms. The van der Waals surface area contributed by atoms with Gasteiger partial charge in [-0.3, -0.25) is 9.78 Å². The number of piperazine rings is 1. The van der Waals surface area contributed by atoms with Crippen LogP contribution in [0.25, 0.3) is 0 Å². The third-order valence-corrected chi connectivity index (χ3v) is 6.26. The number of hydrogen-bond acceptors (Lipinski definition) is 8. The van der Waals surface area contributed by atoms with E-state index in [4.69, 9.17) is 9.47 Å². The van der Waals surface area contributed by atoms with Crippen LogP contribution in [0.4, 0.5) is 5.82 Å². The highest BCUT2D eigenvalue weighted by Crippen LogP contribution is 2.29. The van der Waals surface area contributed by atoms with Gasteiger partial charge in [-0.15, -0.1) is 0 Å². The second-order valence-corrected chi connectivity index (χ2v) is 8.36. The van der Waals surface area contributed by atoms with E-state index in [0.717, 1.165) is 5.82 Å². The lowest BCUT2D eigenvalue weighted by Gasteiger charge is -2.35. The predicted octanol–water partition coefficient (Wildman–Crippen LogP) is 0.511. The molecule has 1 aromatic carbocycles.